The van der Waals surface area contributed by atoms with Crippen molar-refractivity contribution >= 4 is 101 Å². The number of amides is 2. The van der Waals surface area contributed by atoms with E-state index in [0.717, 1.165) is 0 Å². The molecule has 0 atom stereocenters. The minimum absolute atomic E-state index is 0.189. The summed E-state index contributed by atoms with van der Waals surface area (Å²) in [6.07, 6.45) is 0. The standard InChI is InChI=1S/C14H11Cl4N5O5S3/c15-6-2-1-5(3-7(6)16)21-13(24)23-14(29)22-12-9(31(20,27)28)4-8(30(19,25)26)10(17)11(12)18/h1-4H,(H2,19,25,26)(H2,20,27,28)(H3,21,22,23,24,29). The number of anilines is 2. The molecule has 0 aliphatic heterocycles. The Hall–Kier alpha value is -1.42. The number of carbonyl (C=O) groups excluding carboxylic acids is 1. The molecule has 0 fully saturated rings. The first-order chi connectivity index (χ1) is 14.1. The highest BCUT2D eigenvalue weighted by atomic mass is 35.5. The first-order valence-corrected chi connectivity index (χ1v) is 12.5. The highest BCUT2D eigenvalue weighted by Gasteiger charge is 2.27. The van der Waals surface area contributed by atoms with E-state index in [-0.39, 0.29) is 15.7 Å². The molecule has 2 aromatic carbocycles. The van der Waals surface area contributed by atoms with Crippen molar-refractivity contribution in [1.82, 2.24) is 5.32 Å². The molecule has 17 heteroatoms. The molecule has 10 nitrogen and oxygen atoms in total. The number of primary sulfonamides is 2. The fourth-order valence-corrected chi connectivity index (χ4v) is 4.87. The van der Waals surface area contributed by atoms with Crippen molar-refractivity contribution in [2.24, 2.45) is 10.3 Å². The van der Waals surface area contributed by atoms with E-state index in [4.69, 9.17) is 68.9 Å². The van der Waals surface area contributed by atoms with Gasteiger partial charge in [-0.2, -0.15) is 0 Å². The molecular formula is C14H11Cl4N5O5S3. The Labute approximate surface area is 202 Å². The van der Waals surface area contributed by atoms with Crippen LogP contribution in [0, 0.1) is 0 Å². The lowest BCUT2D eigenvalue weighted by Gasteiger charge is -2.17. The van der Waals surface area contributed by atoms with E-state index in [1.807, 2.05) is 0 Å². The Bertz CT molecular complexity index is 1300. The van der Waals surface area contributed by atoms with Gasteiger partial charge in [-0.1, -0.05) is 46.4 Å². The van der Waals surface area contributed by atoms with Crippen LogP contribution < -0.4 is 26.2 Å². The van der Waals surface area contributed by atoms with Gasteiger partial charge in [0.1, 0.15) is 9.79 Å². The van der Waals surface area contributed by atoms with E-state index >= 15 is 0 Å². The van der Waals surface area contributed by atoms with E-state index in [0.29, 0.717) is 6.07 Å². The molecule has 0 aromatic heterocycles. The number of thiocarbonyl (C=S) groups is 1. The third kappa shape index (κ3) is 6.54. The molecule has 0 saturated carbocycles. The van der Waals surface area contributed by atoms with Crippen LogP contribution >= 0.6 is 58.6 Å². The molecule has 31 heavy (non-hydrogen) atoms. The summed E-state index contributed by atoms with van der Waals surface area (Å²) in [4.78, 5) is 10.6. The maximum Gasteiger partial charge on any atom is 0.325 e. The van der Waals surface area contributed by atoms with Crippen molar-refractivity contribution in [3.8, 4) is 0 Å². The van der Waals surface area contributed by atoms with Crippen molar-refractivity contribution in [3.05, 3.63) is 44.4 Å². The van der Waals surface area contributed by atoms with Crippen LogP contribution in [0.2, 0.25) is 20.1 Å². The first kappa shape index (κ1) is 25.8. The van der Waals surface area contributed by atoms with Gasteiger partial charge in [0.05, 0.1) is 25.8 Å². The van der Waals surface area contributed by atoms with Gasteiger partial charge < -0.3 is 10.6 Å². The number of carbonyl (C=O) groups is 1. The Morgan fingerprint density at radius 2 is 1.42 bits per heavy atom. The molecular weight excluding hydrogens is 556 g/mol. The zero-order chi connectivity index (χ0) is 23.7. The third-order valence-corrected chi connectivity index (χ3v) is 7.19. The third-order valence-electron chi connectivity index (χ3n) is 3.39. The average molecular weight is 567 g/mol. The van der Waals surface area contributed by atoms with Gasteiger partial charge >= 0.3 is 6.03 Å². The second kappa shape index (κ2) is 9.60. The Kier molecular flexibility index (Phi) is 8.00. The molecule has 0 aliphatic carbocycles. The van der Waals surface area contributed by atoms with Crippen LogP contribution in [-0.4, -0.2) is 28.0 Å². The summed E-state index contributed by atoms with van der Waals surface area (Å²) < 4.78 is 47.2. The van der Waals surface area contributed by atoms with Crippen molar-refractivity contribution in [3.63, 3.8) is 0 Å². The average Bonchev–Trinajstić information content (AvgIpc) is 2.60. The molecule has 0 aliphatic rings. The van der Waals surface area contributed by atoms with Gasteiger partial charge in [-0.3, -0.25) is 5.32 Å². The highest BCUT2D eigenvalue weighted by molar-refractivity contribution is 7.90. The summed E-state index contributed by atoms with van der Waals surface area (Å²) in [5.41, 5.74) is -0.195. The molecule has 0 saturated heterocycles. The number of urea groups is 1. The van der Waals surface area contributed by atoms with Crippen LogP contribution in [0.3, 0.4) is 0 Å². The highest BCUT2D eigenvalue weighted by Crippen LogP contribution is 2.39. The summed E-state index contributed by atoms with van der Waals surface area (Å²) in [6.45, 7) is 0. The summed E-state index contributed by atoms with van der Waals surface area (Å²) in [5, 5.41) is 16.0. The van der Waals surface area contributed by atoms with Crippen LogP contribution in [0.1, 0.15) is 0 Å². The SMILES string of the molecule is NS(=O)(=O)c1cc(S(N)(=O)=O)c(NC(=S)NC(=O)Nc2ccc(Cl)c(Cl)c2)c(Cl)c1Cl. The fraction of sp³-hybridized carbons (Fsp3) is 0. The van der Waals surface area contributed by atoms with Gasteiger partial charge in [0.15, 0.2) is 5.11 Å². The van der Waals surface area contributed by atoms with Gasteiger partial charge in [-0.25, -0.2) is 31.9 Å². The van der Waals surface area contributed by atoms with E-state index in [9.17, 15) is 21.6 Å². The molecule has 168 valence electrons. The number of sulfonamides is 2. The van der Waals surface area contributed by atoms with Gasteiger partial charge in [0, 0.05) is 5.69 Å². The maximum atomic E-state index is 12.1. The molecule has 2 rings (SSSR count). The first-order valence-electron chi connectivity index (χ1n) is 7.53. The zero-order valence-electron chi connectivity index (χ0n) is 14.7. The van der Waals surface area contributed by atoms with E-state index < -0.39 is 56.7 Å². The number of halogens is 4. The second-order valence-corrected chi connectivity index (χ2v) is 10.7. The summed E-state index contributed by atoms with van der Waals surface area (Å²) in [6, 6.07) is 4.06. The quantitative estimate of drug-likeness (QED) is 0.353. The van der Waals surface area contributed by atoms with Gasteiger partial charge in [0.25, 0.3) is 0 Å². The lowest BCUT2D eigenvalue weighted by molar-refractivity contribution is 0.256. The number of nitrogens with two attached hydrogens (primary N) is 2. The van der Waals surface area contributed by atoms with Crippen LogP contribution in [0.15, 0.2) is 34.1 Å². The topological polar surface area (TPSA) is 173 Å². The minimum atomic E-state index is -4.53. The number of rotatable bonds is 4. The minimum Gasteiger partial charge on any atom is -0.330 e. The molecule has 0 heterocycles. The van der Waals surface area contributed by atoms with Gasteiger partial charge in [0.2, 0.25) is 20.0 Å². The van der Waals surface area contributed by atoms with E-state index in [1.54, 1.807) is 0 Å². The summed E-state index contributed by atoms with van der Waals surface area (Å²) in [7, 11) is -8.97. The molecule has 0 bridgehead atoms. The van der Waals surface area contributed by atoms with Crippen molar-refractivity contribution in [2.75, 3.05) is 10.6 Å². The molecule has 0 radical (unpaired) electrons. The van der Waals surface area contributed by atoms with E-state index in [1.165, 1.54) is 18.2 Å². The lowest BCUT2D eigenvalue weighted by Crippen LogP contribution is -2.37. The predicted octanol–water partition coefficient (Wildman–Crippen LogP) is 3.11. The van der Waals surface area contributed by atoms with Crippen molar-refractivity contribution in [1.29, 1.82) is 0 Å². The van der Waals surface area contributed by atoms with Gasteiger partial charge in [-0.15, -0.1) is 0 Å². The predicted molar refractivity (Wildman–Crippen MR) is 124 cm³/mol. The van der Waals surface area contributed by atoms with Crippen LogP contribution in [0.25, 0.3) is 0 Å². The van der Waals surface area contributed by atoms with Gasteiger partial charge in [-0.05, 0) is 36.5 Å². The zero-order valence-corrected chi connectivity index (χ0v) is 20.2. The largest absolute Gasteiger partial charge is 0.330 e. The second-order valence-electron chi connectivity index (χ2n) is 5.63. The van der Waals surface area contributed by atoms with Crippen LogP contribution in [0.5, 0.6) is 0 Å². The molecule has 7 N–H and O–H groups in total. The maximum absolute atomic E-state index is 12.1. The number of hydrogen-bond donors (Lipinski definition) is 5. The Morgan fingerprint density at radius 1 is 0.839 bits per heavy atom. The number of hydrogen-bond acceptors (Lipinski definition) is 6. The summed E-state index contributed by atoms with van der Waals surface area (Å²) >= 11 is 28.5. The monoisotopic (exact) mass is 565 g/mol. The number of benzene rings is 2. The summed E-state index contributed by atoms with van der Waals surface area (Å²) in [5.74, 6) is 0. The molecule has 0 spiro atoms. The Morgan fingerprint density at radius 3 is 1.94 bits per heavy atom. The molecule has 2 aromatic rings. The lowest BCUT2D eigenvalue weighted by atomic mass is 10.3. The smallest absolute Gasteiger partial charge is 0.325 e. The van der Waals surface area contributed by atoms with Crippen molar-refractivity contribution < 1.29 is 21.6 Å². The molecule has 2 amide bonds. The van der Waals surface area contributed by atoms with Crippen LogP contribution in [0.4, 0.5) is 16.2 Å². The molecule has 0 unspecified atom stereocenters. The van der Waals surface area contributed by atoms with Crippen LogP contribution in [-0.2, 0) is 20.0 Å². The van der Waals surface area contributed by atoms with E-state index in [2.05, 4.69) is 16.0 Å². The normalized spacial score (nSPS) is 11.7. The fourth-order valence-electron chi connectivity index (χ4n) is 2.11. The number of nitrogens with one attached hydrogen (secondary N) is 3. The Balaban J connectivity index is 2.32. The van der Waals surface area contributed by atoms with Crippen molar-refractivity contribution in [2.45, 2.75) is 9.79 Å².